The van der Waals surface area contributed by atoms with E-state index in [4.69, 9.17) is 9.57 Å². The number of ether oxygens (including phenoxy) is 1. The molecule has 3 rings (SSSR count). The lowest BCUT2D eigenvalue weighted by atomic mass is 10.0. The number of nitrogens with zero attached hydrogens (tertiary/aromatic N) is 4. The minimum atomic E-state index is 0.106. The summed E-state index contributed by atoms with van der Waals surface area (Å²) in [4.78, 5) is 16.5. The van der Waals surface area contributed by atoms with Crippen molar-refractivity contribution in [3.05, 3.63) is 16.2 Å². The molecule has 0 saturated heterocycles. The summed E-state index contributed by atoms with van der Waals surface area (Å²) in [5.74, 6) is 0.998. The maximum absolute atomic E-state index is 6.12. The van der Waals surface area contributed by atoms with Gasteiger partial charge in [0.2, 0.25) is 5.88 Å². The third-order valence-corrected chi connectivity index (χ3v) is 5.18. The molecule has 3 atom stereocenters. The Labute approximate surface area is 151 Å². The second kappa shape index (κ2) is 7.09. The molecule has 1 aromatic heterocycles. The SMILES string of the molecule is CCN(C)C=Nc1cc(Br)c(O[C@H]2CC3C(C)=NO[C@H]3C2)nc1C. The van der Waals surface area contributed by atoms with E-state index in [1.165, 1.54) is 0 Å². The van der Waals surface area contributed by atoms with Gasteiger partial charge >= 0.3 is 0 Å². The first-order valence-electron chi connectivity index (χ1n) is 8.26. The predicted octanol–water partition coefficient (Wildman–Crippen LogP) is 3.70. The van der Waals surface area contributed by atoms with Gasteiger partial charge in [0, 0.05) is 25.9 Å². The van der Waals surface area contributed by atoms with E-state index < -0.39 is 0 Å². The van der Waals surface area contributed by atoms with Gasteiger partial charge < -0.3 is 14.5 Å². The van der Waals surface area contributed by atoms with Crippen LogP contribution in [-0.2, 0) is 4.84 Å². The zero-order chi connectivity index (χ0) is 17.3. The van der Waals surface area contributed by atoms with E-state index in [2.05, 4.69) is 38.0 Å². The van der Waals surface area contributed by atoms with Crippen molar-refractivity contribution < 1.29 is 9.57 Å². The number of aryl methyl sites for hydroxylation is 1. The standard InChI is InChI=1S/C17H23BrN4O2/c1-5-22(4)9-19-15-8-14(18)17(20-11(15)3)23-12-6-13-10(2)21-24-16(13)7-12/h8-9,12-13,16H,5-7H2,1-4H3/t12-,13?,16-/m0/s1. The van der Waals surface area contributed by atoms with Crippen LogP contribution in [0.3, 0.4) is 0 Å². The normalized spacial score (nSPS) is 25.5. The number of aliphatic imine (C=N–C) groups is 1. The van der Waals surface area contributed by atoms with Crippen LogP contribution in [0.15, 0.2) is 20.7 Å². The fourth-order valence-electron chi connectivity index (χ4n) is 2.99. The molecule has 0 radical (unpaired) electrons. The summed E-state index contributed by atoms with van der Waals surface area (Å²) >= 11 is 3.56. The van der Waals surface area contributed by atoms with E-state index in [1.807, 2.05) is 38.2 Å². The molecule has 0 bridgehead atoms. The van der Waals surface area contributed by atoms with Crippen molar-refractivity contribution in [3.63, 3.8) is 0 Å². The Morgan fingerprint density at radius 3 is 2.96 bits per heavy atom. The second-order valence-electron chi connectivity index (χ2n) is 6.39. The molecule has 0 amide bonds. The summed E-state index contributed by atoms with van der Waals surface area (Å²) in [5.41, 5.74) is 2.75. The molecule has 0 aromatic carbocycles. The molecule has 130 valence electrons. The van der Waals surface area contributed by atoms with E-state index in [-0.39, 0.29) is 12.2 Å². The third kappa shape index (κ3) is 3.55. The monoisotopic (exact) mass is 394 g/mol. The Morgan fingerprint density at radius 1 is 1.46 bits per heavy atom. The van der Waals surface area contributed by atoms with Crippen molar-refractivity contribution in [1.29, 1.82) is 0 Å². The van der Waals surface area contributed by atoms with Gasteiger partial charge in [-0.15, -0.1) is 0 Å². The fourth-order valence-corrected chi connectivity index (χ4v) is 3.39. The van der Waals surface area contributed by atoms with Gasteiger partial charge in [-0.25, -0.2) is 9.98 Å². The number of oxime groups is 1. The van der Waals surface area contributed by atoms with Crippen LogP contribution in [0.2, 0.25) is 0 Å². The zero-order valence-corrected chi connectivity index (χ0v) is 16.1. The topological polar surface area (TPSA) is 59.3 Å². The molecule has 1 unspecified atom stereocenters. The maximum Gasteiger partial charge on any atom is 0.228 e. The highest BCUT2D eigenvalue weighted by Gasteiger charge is 2.42. The van der Waals surface area contributed by atoms with Crippen LogP contribution in [0, 0.1) is 12.8 Å². The maximum atomic E-state index is 6.12. The van der Waals surface area contributed by atoms with Crippen molar-refractivity contribution in [3.8, 4) is 5.88 Å². The highest BCUT2D eigenvalue weighted by molar-refractivity contribution is 9.10. The van der Waals surface area contributed by atoms with Crippen LogP contribution in [0.5, 0.6) is 5.88 Å². The van der Waals surface area contributed by atoms with E-state index in [1.54, 1.807) is 0 Å². The third-order valence-electron chi connectivity index (χ3n) is 4.61. The molecule has 6 nitrogen and oxygen atoms in total. The van der Waals surface area contributed by atoms with Crippen LogP contribution >= 0.6 is 15.9 Å². The largest absolute Gasteiger partial charge is 0.473 e. The van der Waals surface area contributed by atoms with Crippen LogP contribution < -0.4 is 4.74 Å². The number of pyridine rings is 1. The molecule has 1 fully saturated rings. The van der Waals surface area contributed by atoms with E-state index >= 15 is 0 Å². The smallest absolute Gasteiger partial charge is 0.228 e. The number of hydrogen-bond donors (Lipinski definition) is 0. The number of rotatable bonds is 5. The van der Waals surface area contributed by atoms with Gasteiger partial charge in [-0.1, -0.05) is 5.16 Å². The van der Waals surface area contributed by atoms with Crippen LogP contribution in [0.1, 0.15) is 32.4 Å². The molecule has 1 aliphatic heterocycles. The first-order chi connectivity index (χ1) is 11.5. The zero-order valence-electron chi connectivity index (χ0n) is 14.5. The average Bonchev–Trinajstić information content (AvgIpc) is 3.10. The highest BCUT2D eigenvalue weighted by atomic mass is 79.9. The van der Waals surface area contributed by atoms with E-state index in [0.29, 0.717) is 11.8 Å². The first-order valence-corrected chi connectivity index (χ1v) is 9.05. The Morgan fingerprint density at radius 2 is 2.25 bits per heavy atom. The summed E-state index contributed by atoms with van der Waals surface area (Å²) in [6.45, 7) is 6.96. The summed E-state index contributed by atoms with van der Waals surface area (Å²) in [6.07, 6.45) is 3.85. The Kier molecular flexibility index (Phi) is 5.08. The second-order valence-corrected chi connectivity index (χ2v) is 7.25. The number of hydrogen-bond acceptors (Lipinski definition) is 5. The van der Waals surface area contributed by atoms with Crippen LogP contribution in [-0.4, -0.2) is 47.7 Å². The van der Waals surface area contributed by atoms with Crippen LogP contribution in [0.4, 0.5) is 5.69 Å². The Hall–Kier alpha value is -1.63. The molecule has 1 saturated carbocycles. The molecule has 0 N–H and O–H groups in total. The summed E-state index contributed by atoms with van der Waals surface area (Å²) in [5, 5.41) is 4.06. The minimum Gasteiger partial charge on any atom is -0.473 e. The molecule has 1 aliphatic carbocycles. The molecular weight excluding hydrogens is 372 g/mol. The summed E-state index contributed by atoms with van der Waals surface area (Å²) < 4.78 is 6.94. The van der Waals surface area contributed by atoms with E-state index in [9.17, 15) is 0 Å². The molecular formula is C17H23BrN4O2. The lowest BCUT2D eigenvalue weighted by Gasteiger charge is -2.15. The van der Waals surface area contributed by atoms with Gasteiger partial charge in [-0.3, -0.25) is 0 Å². The number of fused-ring (bicyclic) bond motifs is 1. The van der Waals surface area contributed by atoms with Crippen LogP contribution in [0.25, 0.3) is 0 Å². The van der Waals surface area contributed by atoms with Crippen molar-refractivity contribution in [2.24, 2.45) is 16.1 Å². The highest BCUT2D eigenvalue weighted by Crippen LogP contribution is 2.38. The van der Waals surface area contributed by atoms with Gasteiger partial charge in [-0.2, -0.15) is 0 Å². The van der Waals surface area contributed by atoms with Crippen molar-refractivity contribution in [2.75, 3.05) is 13.6 Å². The average molecular weight is 395 g/mol. The quantitative estimate of drug-likeness (QED) is 0.564. The van der Waals surface area contributed by atoms with Crippen molar-refractivity contribution in [1.82, 2.24) is 9.88 Å². The lowest BCUT2D eigenvalue weighted by molar-refractivity contribution is 0.0639. The van der Waals surface area contributed by atoms with Gasteiger partial charge in [0.05, 0.1) is 27.9 Å². The van der Waals surface area contributed by atoms with Crippen molar-refractivity contribution >= 4 is 33.7 Å². The lowest BCUT2D eigenvalue weighted by Crippen LogP contribution is -2.16. The first kappa shape index (κ1) is 17.2. The molecule has 24 heavy (non-hydrogen) atoms. The molecule has 7 heteroatoms. The molecule has 1 aromatic rings. The van der Waals surface area contributed by atoms with Gasteiger partial charge in [0.1, 0.15) is 12.2 Å². The fraction of sp³-hybridized carbons (Fsp3) is 0.588. The minimum absolute atomic E-state index is 0.106. The predicted molar refractivity (Wildman–Crippen MR) is 98.3 cm³/mol. The van der Waals surface area contributed by atoms with Crippen molar-refractivity contribution in [2.45, 2.75) is 45.8 Å². The number of halogens is 1. The molecule has 2 heterocycles. The van der Waals surface area contributed by atoms with Gasteiger partial charge in [-0.05, 0) is 49.2 Å². The molecule has 0 spiro atoms. The number of aromatic nitrogens is 1. The van der Waals surface area contributed by atoms with Gasteiger partial charge in [0.15, 0.2) is 0 Å². The van der Waals surface area contributed by atoms with E-state index in [0.717, 1.165) is 41.0 Å². The molecule has 2 aliphatic rings. The summed E-state index contributed by atoms with van der Waals surface area (Å²) in [6, 6.07) is 1.96. The Bertz CT molecular complexity index is 677. The van der Waals surface area contributed by atoms with Gasteiger partial charge in [0.25, 0.3) is 0 Å². The summed E-state index contributed by atoms with van der Waals surface area (Å²) in [7, 11) is 1.99. The Balaban J connectivity index is 1.70.